The van der Waals surface area contributed by atoms with Gasteiger partial charge in [0.05, 0.1) is 14.2 Å². The molecule has 10 heteroatoms. The summed E-state index contributed by atoms with van der Waals surface area (Å²) in [7, 11) is -0.818. The Hall–Kier alpha value is -3.50. The summed E-state index contributed by atoms with van der Waals surface area (Å²) in [5.74, 6) is -0.293. The molecule has 0 aliphatic heterocycles. The molecule has 4 aromatic rings. The maximum atomic E-state index is 13.0. The molecule has 0 bridgehead atoms. The lowest BCUT2D eigenvalue weighted by Gasteiger charge is -2.11. The number of hydrogen-bond acceptors (Lipinski definition) is 7. The van der Waals surface area contributed by atoms with Crippen molar-refractivity contribution in [3.63, 3.8) is 0 Å². The number of sulfonamides is 1. The van der Waals surface area contributed by atoms with E-state index in [1.165, 1.54) is 26.4 Å². The molecule has 0 unspecified atom stereocenters. The van der Waals surface area contributed by atoms with Gasteiger partial charge in [0.15, 0.2) is 11.5 Å². The van der Waals surface area contributed by atoms with Crippen LogP contribution in [0.2, 0.25) is 0 Å². The summed E-state index contributed by atoms with van der Waals surface area (Å²) in [5.41, 5.74) is 2.48. The first kappa shape index (κ1) is 21.7. The predicted molar refractivity (Wildman–Crippen MR) is 122 cm³/mol. The van der Waals surface area contributed by atoms with E-state index in [2.05, 4.69) is 4.72 Å². The SMILES string of the molecule is COc1cccc(-c2csc(S(=O)(=O)Nc3ccc4oc(C(=O)O)c(C)c4c3)c2)c1OC. The highest BCUT2D eigenvalue weighted by molar-refractivity contribution is 7.94. The van der Waals surface area contributed by atoms with E-state index in [1.54, 1.807) is 36.6 Å². The molecule has 0 radical (unpaired) electrons. The molecule has 32 heavy (non-hydrogen) atoms. The molecule has 0 amide bonds. The van der Waals surface area contributed by atoms with Crippen LogP contribution in [0, 0.1) is 6.92 Å². The number of carbonyl (C=O) groups is 1. The summed E-state index contributed by atoms with van der Waals surface area (Å²) in [5, 5.41) is 11.5. The molecular weight excluding hydrogens is 454 g/mol. The van der Waals surface area contributed by atoms with Crippen molar-refractivity contribution in [3.8, 4) is 22.6 Å². The minimum absolute atomic E-state index is 0.118. The third-order valence-electron chi connectivity index (χ3n) is 4.94. The molecule has 2 N–H and O–H groups in total. The van der Waals surface area contributed by atoms with Crippen LogP contribution in [-0.2, 0) is 10.0 Å². The molecule has 2 aromatic carbocycles. The topological polar surface area (TPSA) is 115 Å². The first-order valence-electron chi connectivity index (χ1n) is 9.34. The number of ether oxygens (including phenoxy) is 2. The van der Waals surface area contributed by atoms with Gasteiger partial charge in [0, 0.05) is 27.6 Å². The Balaban J connectivity index is 1.67. The molecule has 166 valence electrons. The molecule has 0 saturated carbocycles. The zero-order chi connectivity index (χ0) is 23.0. The van der Waals surface area contributed by atoms with Crippen molar-refractivity contribution in [1.29, 1.82) is 0 Å². The van der Waals surface area contributed by atoms with Crippen LogP contribution in [0.5, 0.6) is 11.5 Å². The van der Waals surface area contributed by atoms with Gasteiger partial charge >= 0.3 is 5.97 Å². The second-order valence-corrected chi connectivity index (χ2v) is 9.69. The maximum absolute atomic E-state index is 13.0. The van der Waals surface area contributed by atoms with Gasteiger partial charge in [-0.15, -0.1) is 11.3 Å². The van der Waals surface area contributed by atoms with E-state index in [9.17, 15) is 18.3 Å². The highest BCUT2D eigenvalue weighted by Crippen LogP contribution is 2.40. The Morgan fingerprint density at radius 3 is 2.59 bits per heavy atom. The van der Waals surface area contributed by atoms with Crippen LogP contribution in [0.1, 0.15) is 16.1 Å². The van der Waals surface area contributed by atoms with Crippen LogP contribution in [0.3, 0.4) is 0 Å². The largest absolute Gasteiger partial charge is 0.493 e. The number of methoxy groups -OCH3 is 2. The van der Waals surface area contributed by atoms with Crippen molar-refractivity contribution in [2.45, 2.75) is 11.1 Å². The van der Waals surface area contributed by atoms with Gasteiger partial charge in [-0.3, -0.25) is 4.72 Å². The smallest absolute Gasteiger partial charge is 0.372 e. The number of nitrogens with one attached hydrogen (secondary N) is 1. The summed E-state index contributed by atoms with van der Waals surface area (Å²) in [6, 6.07) is 11.6. The number of thiophene rings is 1. The Morgan fingerprint density at radius 2 is 1.91 bits per heavy atom. The van der Waals surface area contributed by atoms with Crippen LogP contribution in [-0.4, -0.2) is 33.7 Å². The first-order valence-corrected chi connectivity index (χ1v) is 11.7. The Kier molecular flexibility index (Phi) is 5.57. The molecule has 8 nitrogen and oxygen atoms in total. The van der Waals surface area contributed by atoms with Gasteiger partial charge in [0.25, 0.3) is 10.0 Å². The minimum atomic E-state index is -3.88. The van der Waals surface area contributed by atoms with Crippen molar-refractivity contribution >= 4 is 44.0 Å². The van der Waals surface area contributed by atoms with Gasteiger partial charge in [-0.1, -0.05) is 12.1 Å². The molecular formula is C22H19NO7S2. The van der Waals surface area contributed by atoms with Gasteiger partial charge in [0.1, 0.15) is 9.79 Å². The number of hydrogen-bond donors (Lipinski definition) is 2. The van der Waals surface area contributed by atoms with Crippen LogP contribution in [0.25, 0.3) is 22.1 Å². The summed E-state index contributed by atoms with van der Waals surface area (Å²) in [4.78, 5) is 11.3. The molecule has 0 aliphatic carbocycles. The molecule has 4 rings (SSSR count). The number of aryl methyl sites for hydroxylation is 1. The Morgan fingerprint density at radius 1 is 1.12 bits per heavy atom. The van der Waals surface area contributed by atoms with Gasteiger partial charge in [-0.25, -0.2) is 13.2 Å². The van der Waals surface area contributed by atoms with Crippen LogP contribution in [0.15, 0.2) is 56.5 Å². The highest BCUT2D eigenvalue weighted by atomic mass is 32.2. The minimum Gasteiger partial charge on any atom is -0.493 e. The highest BCUT2D eigenvalue weighted by Gasteiger charge is 2.21. The van der Waals surface area contributed by atoms with Crippen molar-refractivity contribution < 1.29 is 32.2 Å². The summed E-state index contributed by atoms with van der Waals surface area (Å²) in [6.07, 6.45) is 0. The lowest BCUT2D eigenvalue weighted by atomic mass is 10.1. The van der Waals surface area contributed by atoms with Gasteiger partial charge in [-0.2, -0.15) is 0 Å². The van der Waals surface area contributed by atoms with E-state index in [4.69, 9.17) is 13.9 Å². The normalized spacial score (nSPS) is 11.5. The van der Waals surface area contributed by atoms with Gasteiger partial charge in [-0.05, 0) is 42.8 Å². The summed E-state index contributed by atoms with van der Waals surface area (Å²) in [6.45, 7) is 1.61. The van der Waals surface area contributed by atoms with Crippen molar-refractivity contribution in [3.05, 3.63) is 59.2 Å². The molecule has 0 saturated heterocycles. The van der Waals surface area contributed by atoms with Crippen molar-refractivity contribution in [1.82, 2.24) is 0 Å². The van der Waals surface area contributed by atoms with Gasteiger partial charge in [0.2, 0.25) is 5.76 Å². The fourth-order valence-corrected chi connectivity index (χ4v) is 5.64. The van der Waals surface area contributed by atoms with Crippen molar-refractivity contribution in [2.75, 3.05) is 18.9 Å². The number of carboxylic acid groups (broad SMARTS) is 1. The second-order valence-electron chi connectivity index (χ2n) is 6.87. The average molecular weight is 474 g/mol. The number of fused-ring (bicyclic) bond motifs is 1. The number of para-hydroxylation sites is 1. The summed E-state index contributed by atoms with van der Waals surface area (Å²) >= 11 is 1.07. The van der Waals surface area contributed by atoms with Crippen LogP contribution in [0.4, 0.5) is 5.69 Å². The molecule has 0 spiro atoms. The number of furan rings is 1. The maximum Gasteiger partial charge on any atom is 0.372 e. The quantitative estimate of drug-likeness (QED) is 0.389. The number of benzene rings is 2. The Bertz CT molecular complexity index is 1430. The van der Waals surface area contributed by atoms with Crippen LogP contribution >= 0.6 is 11.3 Å². The van der Waals surface area contributed by atoms with E-state index in [-0.39, 0.29) is 9.97 Å². The zero-order valence-corrected chi connectivity index (χ0v) is 19.0. The number of carboxylic acids is 1. The van der Waals surface area contributed by atoms with Crippen LogP contribution < -0.4 is 14.2 Å². The fraction of sp³-hybridized carbons (Fsp3) is 0.136. The van der Waals surface area contributed by atoms with E-state index >= 15 is 0 Å². The standard InChI is InChI=1S/C22H19NO7S2/c1-12-16-10-14(7-8-17(16)30-20(12)22(24)25)23-32(26,27)19-9-13(11-31-19)15-5-4-6-18(28-2)21(15)29-3/h4-11,23H,1-3H3,(H,24,25). The number of rotatable bonds is 7. The van der Waals surface area contributed by atoms with E-state index in [1.807, 2.05) is 6.07 Å². The first-order chi connectivity index (χ1) is 15.2. The Labute approximate surface area is 188 Å². The molecule has 0 fully saturated rings. The second kappa shape index (κ2) is 8.21. The lowest BCUT2D eigenvalue weighted by molar-refractivity contribution is 0.0664. The fourth-order valence-electron chi connectivity index (χ4n) is 3.41. The third kappa shape index (κ3) is 3.78. The zero-order valence-electron chi connectivity index (χ0n) is 17.3. The molecule has 0 atom stereocenters. The monoisotopic (exact) mass is 473 g/mol. The van der Waals surface area contributed by atoms with Gasteiger partial charge < -0.3 is 19.0 Å². The van der Waals surface area contributed by atoms with E-state index in [0.717, 1.165) is 11.3 Å². The third-order valence-corrected chi connectivity index (χ3v) is 7.76. The average Bonchev–Trinajstić information content (AvgIpc) is 3.39. The lowest BCUT2D eigenvalue weighted by Crippen LogP contribution is -2.11. The van der Waals surface area contributed by atoms with E-state index < -0.39 is 16.0 Å². The molecule has 2 aromatic heterocycles. The van der Waals surface area contributed by atoms with Crippen molar-refractivity contribution in [2.24, 2.45) is 0 Å². The number of anilines is 1. The number of aromatic carboxylic acids is 1. The predicted octanol–water partition coefficient (Wildman–Crippen LogP) is 4.99. The molecule has 0 aliphatic rings. The molecule has 2 heterocycles. The summed E-state index contributed by atoms with van der Waals surface area (Å²) < 4.78 is 44.7. The van der Waals surface area contributed by atoms with E-state index in [0.29, 0.717) is 44.8 Å².